The van der Waals surface area contributed by atoms with E-state index in [1.807, 2.05) is 38.2 Å². The third-order valence-electron chi connectivity index (χ3n) is 6.24. The normalized spacial score (nSPS) is 22.8. The van der Waals surface area contributed by atoms with Crippen LogP contribution in [0.25, 0.3) is 0 Å². The third-order valence-corrected chi connectivity index (χ3v) is 6.24. The lowest BCUT2D eigenvalue weighted by atomic mass is 10.0. The van der Waals surface area contributed by atoms with Crippen LogP contribution in [0.5, 0.6) is 0 Å². The van der Waals surface area contributed by atoms with E-state index in [9.17, 15) is 4.79 Å². The summed E-state index contributed by atoms with van der Waals surface area (Å²) >= 11 is 0. The molecule has 2 fully saturated rings. The van der Waals surface area contributed by atoms with E-state index in [2.05, 4.69) is 41.5 Å². The molecule has 2 aromatic rings. The van der Waals surface area contributed by atoms with E-state index in [0.29, 0.717) is 18.0 Å². The average molecular weight is 378 g/mol. The van der Waals surface area contributed by atoms with Crippen LogP contribution in [0.4, 0.5) is 5.69 Å². The minimum Gasteiger partial charge on any atom is -0.311 e. The van der Waals surface area contributed by atoms with E-state index >= 15 is 0 Å². The number of hydrogen-bond acceptors (Lipinski definition) is 3. The minimum absolute atomic E-state index is 0.0321. The molecule has 1 aliphatic heterocycles. The summed E-state index contributed by atoms with van der Waals surface area (Å²) in [5.74, 6) is 0.649. The first-order chi connectivity index (χ1) is 13.5. The second-order valence-corrected chi connectivity index (χ2v) is 8.52. The fourth-order valence-electron chi connectivity index (χ4n) is 4.26. The molecule has 1 heterocycles. The van der Waals surface area contributed by atoms with Gasteiger partial charge in [-0.3, -0.25) is 4.79 Å². The van der Waals surface area contributed by atoms with Gasteiger partial charge in [0.1, 0.15) is 0 Å². The molecule has 1 saturated carbocycles. The van der Waals surface area contributed by atoms with Crippen molar-refractivity contribution < 1.29 is 4.79 Å². The van der Waals surface area contributed by atoms with E-state index in [1.165, 1.54) is 37.9 Å². The molecule has 1 aliphatic carbocycles. The van der Waals surface area contributed by atoms with Crippen LogP contribution < -0.4 is 10.2 Å². The summed E-state index contributed by atoms with van der Waals surface area (Å²) in [6, 6.07) is 17.6. The quantitative estimate of drug-likeness (QED) is 0.861. The fourth-order valence-corrected chi connectivity index (χ4v) is 4.26. The Morgan fingerprint density at radius 1 is 1.11 bits per heavy atom. The number of benzene rings is 2. The first-order valence-electron chi connectivity index (χ1n) is 10.4. The number of carbonyl (C=O) groups is 1. The fraction of sp³-hybridized carbons (Fsp3) is 0.458. The van der Waals surface area contributed by atoms with Crippen LogP contribution in [0, 0.1) is 6.92 Å². The number of anilines is 1. The standard InChI is InChI=1S/C24H31N3O/c1-17-5-4-6-19(15-17)24(28)27(3)21-9-7-18(8-10-21)22-16-23(22)25-20-11-13-26(2)14-12-20/h4-10,15,20,22-23,25H,11-14,16H2,1-3H3. The molecular weight excluding hydrogens is 346 g/mol. The van der Waals surface area contributed by atoms with Gasteiger partial charge in [-0.15, -0.1) is 0 Å². The first kappa shape index (κ1) is 19.2. The summed E-state index contributed by atoms with van der Waals surface area (Å²) in [5.41, 5.74) is 4.16. The third kappa shape index (κ3) is 4.29. The topological polar surface area (TPSA) is 35.6 Å². The van der Waals surface area contributed by atoms with E-state index in [-0.39, 0.29) is 5.91 Å². The highest BCUT2D eigenvalue weighted by atomic mass is 16.2. The molecule has 4 heteroatoms. The summed E-state index contributed by atoms with van der Waals surface area (Å²) in [6.07, 6.45) is 3.73. The maximum Gasteiger partial charge on any atom is 0.258 e. The molecule has 2 atom stereocenters. The number of piperidine rings is 1. The molecule has 2 unspecified atom stereocenters. The van der Waals surface area contributed by atoms with Crippen LogP contribution in [-0.4, -0.2) is 50.1 Å². The van der Waals surface area contributed by atoms with Crippen LogP contribution in [-0.2, 0) is 0 Å². The van der Waals surface area contributed by atoms with Gasteiger partial charge >= 0.3 is 0 Å². The number of nitrogens with zero attached hydrogens (tertiary/aromatic N) is 2. The first-order valence-corrected chi connectivity index (χ1v) is 10.4. The van der Waals surface area contributed by atoms with Gasteiger partial charge in [-0.05, 0) is 76.2 Å². The second kappa shape index (κ2) is 8.06. The Balaban J connectivity index is 1.35. The maximum atomic E-state index is 12.7. The predicted octanol–water partition coefficient (Wildman–Crippen LogP) is 3.81. The van der Waals surface area contributed by atoms with Gasteiger partial charge in [0.15, 0.2) is 0 Å². The summed E-state index contributed by atoms with van der Waals surface area (Å²) in [5, 5.41) is 3.85. The van der Waals surface area contributed by atoms with E-state index in [4.69, 9.17) is 0 Å². The predicted molar refractivity (Wildman–Crippen MR) is 115 cm³/mol. The Hall–Kier alpha value is -2.17. The molecule has 2 aliphatic rings. The molecule has 0 spiro atoms. The van der Waals surface area contributed by atoms with Gasteiger partial charge in [0, 0.05) is 36.3 Å². The number of hydrogen-bond donors (Lipinski definition) is 1. The van der Waals surface area contributed by atoms with Crippen molar-refractivity contribution in [3.05, 3.63) is 65.2 Å². The van der Waals surface area contributed by atoms with Crippen molar-refractivity contribution in [2.45, 2.75) is 44.2 Å². The zero-order chi connectivity index (χ0) is 19.7. The van der Waals surface area contributed by atoms with Gasteiger partial charge in [-0.1, -0.05) is 29.8 Å². The highest BCUT2D eigenvalue weighted by Crippen LogP contribution is 2.42. The van der Waals surface area contributed by atoms with E-state index < -0.39 is 0 Å². The lowest BCUT2D eigenvalue weighted by Crippen LogP contribution is -2.42. The molecule has 2 aromatic carbocycles. The molecule has 1 N–H and O–H groups in total. The van der Waals surface area contributed by atoms with Gasteiger partial charge in [0.05, 0.1) is 0 Å². The number of aryl methyl sites for hydroxylation is 1. The molecule has 4 rings (SSSR count). The van der Waals surface area contributed by atoms with Crippen LogP contribution in [0.15, 0.2) is 48.5 Å². The van der Waals surface area contributed by atoms with Crippen LogP contribution in [0.1, 0.15) is 46.7 Å². The number of nitrogens with one attached hydrogen (secondary N) is 1. The summed E-state index contributed by atoms with van der Waals surface area (Å²) in [7, 11) is 4.06. The number of rotatable bonds is 5. The molecule has 1 amide bonds. The summed E-state index contributed by atoms with van der Waals surface area (Å²) < 4.78 is 0. The van der Waals surface area contributed by atoms with Crippen LogP contribution >= 0.6 is 0 Å². The smallest absolute Gasteiger partial charge is 0.258 e. The zero-order valence-electron chi connectivity index (χ0n) is 17.2. The molecule has 0 aromatic heterocycles. The number of amides is 1. The number of carbonyl (C=O) groups excluding carboxylic acids is 1. The molecular formula is C24H31N3O. The van der Waals surface area contributed by atoms with Crippen molar-refractivity contribution in [3.63, 3.8) is 0 Å². The van der Waals surface area contributed by atoms with Gasteiger partial charge in [-0.2, -0.15) is 0 Å². The van der Waals surface area contributed by atoms with Crippen LogP contribution in [0.3, 0.4) is 0 Å². The van der Waals surface area contributed by atoms with Gasteiger partial charge in [0.25, 0.3) is 5.91 Å². The lowest BCUT2D eigenvalue weighted by molar-refractivity contribution is 0.0993. The Labute approximate surface area is 168 Å². The largest absolute Gasteiger partial charge is 0.311 e. The van der Waals surface area contributed by atoms with Gasteiger partial charge in [0.2, 0.25) is 0 Å². The molecule has 28 heavy (non-hydrogen) atoms. The summed E-state index contributed by atoms with van der Waals surface area (Å²) in [4.78, 5) is 16.9. The second-order valence-electron chi connectivity index (χ2n) is 8.52. The van der Waals surface area contributed by atoms with Gasteiger partial charge < -0.3 is 15.1 Å². The maximum absolute atomic E-state index is 12.7. The van der Waals surface area contributed by atoms with Crippen molar-refractivity contribution in [2.75, 3.05) is 32.1 Å². The zero-order valence-corrected chi connectivity index (χ0v) is 17.2. The minimum atomic E-state index is 0.0321. The number of likely N-dealkylation sites (tertiary alicyclic amines) is 1. The summed E-state index contributed by atoms with van der Waals surface area (Å²) in [6.45, 7) is 4.41. The highest BCUT2D eigenvalue weighted by Gasteiger charge is 2.39. The van der Waals surface area contributed by atoms with E-state index in [1.54, 1.807) is 4.90 Å². The Morgan fingerprint density at radius 3 is 2.50 bits per heavy atom. The van der Waals surface area contributed by atoms with Crippen molar-refractivity contribution in [1.29, 1.82) is 0 Å². The molecule has 4 nitrogen and oxygen atoms in total. The highest BCUT2D eigenvalue weighted by molar-refractivity contribution is 6.05. The Kier molecular flexibility index (Phi) is 5.51. The van der Waals surface area contributed by atoms with Crippen molar-refractivity contribution in [3.8, 4) is 0 Å². The SMILES string of the molecule is Cc1cccc(C(=O)N(C)c2ccc(C3CC3NC3CCN(C)CC3)cc2)c1. The Morgan fingerprint density at radius 2 is 1.82 bits per heavy atom. The van der Waals surface area contributed by atoms with Gasteiger partial charge in [-0.25, -0.2) is 0 Å². The monoisotopic (exact) mass is 377 g/mol. The van der Waals surface area contributed by atoms with Crippen molar-refractivity contribution >= 4 is 11.6 Å². The molecule has 0 radical (unpaired) electrons. The molecule has 148 valence electrons. The van der Waals surface area contributed by atoms with Crippen molar-refractivity contribution in [2.24, 2.45) is 0 Å². The van der Waals surface area contributed by atoms with E-state index in [0.717, 1.165) is 16.8 Å². The Bertz CT molecular complexity index is 824. The molecule has 1 saturated heterocycles. The lowest BCUT2D eigenvalue weighted by Gasteiger charge is -2.29. The van der Waals surface area contributed by atoms with Crippen LogP contribution in [0.2, 0.25) is 0 Å². The average Bonchev–Trinajstić information content (AvgIpc) is 3.48. The molecule has 0 bridgehead atoms. The van der Waals surface area contributed by atoms with Crippen molar-refractivity contribution in [1.82, 2.24) is 10.2 Å².